The van der Waals surface area contributed by atoms with Gasteiger partial charge in [0.05, 0.1) is 20.8 Å². The fourth-order valence-electron chi connectivity index (χ4n) is 2.43. The van der Waals surface area contributed by atoms with E-state index in [0.29, 0.717) is 18.0 Å². The second-order valence-corrected chi connectivity index (χ2v) is 5.07. The SMILES string of the molecule is COc1cc2ccnc(N(CCO)C(C)C)c2cc1OC. The van der Waals surface area contributed by atoms with Crippen molar-refractivity contribution in [1.29, 1.82) is 0 Å². The predicted octanol–water partition coefficient (Wildman–Crippen LogP) is 2.46. The zero-order valence-corrected chi connectivity index (χ0v) is 13.0. The monoisotopic (exact) mass is 290 g/mol. The van der Waals surface area contributed by atoms with Crippen LogP contribution in [0.2, 0.25) is 0 Å². The standard InChI is InChI=1S/C16H22N2O3/c1-11(2)18(7-8-19)16-13-10-15(21-4)14(20-3)9-12(13)5-6-17-16/h5-6,9-11,19H,7-8H2,1-4H3. The van der Waals surface area contributed by atoms with E-state index in [1.54, 1.807) is 20.4 Å². The number of fused-ring (bicyclic) bond motifs is 1. The van der Waals surface area contributed by atoms with Gasteiger partial charge in [0.2, 0.25) is 0 Å². The summed E-state index contributed by atoms with van der Waals surface area (Å²) in [5.41, 5.74) is 0. The van der Waals surface area contributed by atoms with Crippen LogP contribution in [0.4, 0.5) is 5.82 Å². The zero-order chi connectivity index (χ0) is 15.4. The fourth-order valence-corrected chi connectivity index (χ4v) is 2.43. The van der Waals surface area contributed by atoms with Crippen molar-refractivity contribution in [2.75, 3.05) is 32.3 Å². The van der Waals surface area contributed by atoms with Crippen molar-refractivity contribution in [3.8, 4) is 11.5 Å². The van der Waals surface area contributed by atoms with E-state index in [1.165, 1.54) is 0 Å². The maximum Gasteiger partial charge on any atom is 0.161 e. The van der Waals surface area contributed by atoms with Gasteiger partial charge in [-0.2, -0.15) is 0 Å². The van der Waals surface area contributed by atoms with E-state index >= 15 is 0 Å². The lowest BCUT2D eigenvalue weighted by molar-refractivity contribution is 0.299. The smallest absolute Gasteiger partial charge is 0.161 e. The number of aliphatic hydroxyl groups excluding tert-OH is 1. The molecule has 0 saturated carbocycles. The summed E-state index contributed by atoms with van der Waals surface area (Å²) < 4.78 is 10.7. The number of hydrogen-bond donors (Lipinski definition) is 1. The van der Waals surface area contributed by atoms with Crippen molar-refractivity contribution >= 4 is 16.6 Å². The van der Waals surface area contributed by atoms with Crippen molar-refractivity contribution in [2.24, 2.45) is 0 Å². The average molecular weight is 290 g/mol. The Balaban J connectivity index is 2.63. The number of rotatable bonds is 6. The Kier molecular flexibility index (Phi) is 4.85. The number of benzene rings is 1. The van der Waals surface area contributed by atoms with Crippen LogP contribution in [-0.2, 0) is 0 Å². The number of pyridine rings is 1. The van der Waals surface area contributed by atoms with Crippen LogP contribution in [0.5, 0.6) is 11.5 Å². The highest BCUT2D eigenvalue weighted by molar-refractivity contribution is 5.94. The van der Waals surface area contributed by atoms with Gasteiger partial charge in [0, 0.05) is 24.2 Å². The van der Waals surface area contributed by atoms with Gasteiger partial charge in [-0.15, -0.1) is 0 Å². The highest BCUT2D eigenvalue weighted by Crippen LogP contribution is 2.35. The maximum absolute atomic E-state index is 9.29. The first-order valence-corrected chi connectivity index (χ1v) is 7.00. The molecule has 0 aliphatic carbocycles. The molecule has 0 fully saturated rings. The second kappa shape index (κ2) is 6.63. The number of hydrogen-bond acceptors (Lipinski definition) is 5. The molecule has 0 amide bonds. The number of nitrogens with zero attached hydrogens (tertiary/aromatic N) is 2. The molecule has 0 spiro atoms. The Morgan fingerprint density at radius 3 is 2.43 bits per heavy atom. The van der Waals surface area contributed by atoms with Gasteiger partial charge in [-0.3, -0.25) is 0 Å². The molecule has 0 bridgehead atoms. The summed E-state index contributed by atoms with van der Waals surface area (Å²) >= 11 is 0. The Labute approximate surface area is 125 Å². The first kappa shape index (κ1) is 15.4. The van der Waals surface area contributed by atoms with Gasteiger partial charge < -0.3 is 19.5 Å². The van der Waals surface area contributed by atoms with Gasteiger partial charge in [0.1, 0.15) is 5.82 Å². The summed E-state index contributed by atoms with van der Waals surface area (Å²) in [5, 5.41) is 11.3. The van der Waals surface area contributed by atoms with E-state index in [-0.39, 0.29) is 12.6 Å². The molecule has 1 heterocycles. The molecule has 2 rings (SSSR count). The second-order valence-electron chi connectivity index (χ2n) is 5.07. The predicted molar refractivity (Wildman–Crippen MR) is 84.4 cm³/mol. The van der Waals surface area contributed by atoms with Crippen LogP contribution in [0.25, 0.3) is 10.8 Å². The number of aromatic nitrogens is 1. The van der Waals surface area contributed by atoms with Crippen LogP contribution >= 0.6 is 0 Å². The molecule has 5 nitrogen and oxygen atoms in total. The normalized spacial score (nSPS) is 11.0. The molecule has 0 saturated heterocycles. The van der Waals surface area contributed by atoms with Gasteiger partial charge in [-0.25, -0.2) is 4.98 Å². The molecular formula is C16H22N2O3. The summed E-state index contributed by atoms with van der Waals surface area (Å²) in [6.07, 6.45) is 1.77. The third-order valence-electron chi connectivity index (χ3n) is 3.48. The molecule has 2 aromatic rings. The van der Waals surface area contributed by atoms with Crippen LogP contribution in [0.1, 0.15) is 13.8 Å². The Hall–Kier alpha value is -2.01. The van der Waals surface area contributed by atoms with Crippen molar-refractivity contribution in [2.45, 2.75) is 19.9 Å². The van der Waals surface area contributed by atoms with E-state index in [1.807, 2.05) is 18.2 Å². The number of ether oxygens (including phenoxy) is 2. The van der Waals surface area contributed by atoms with E-state index in [4.69, 9.17) is 9.47 Å². The topological polar surface area (TPSA) is 54.8 Å². The zero-order valence-electron chi connectivity index (χ0n) is 13.0. The number of aliphatic hydroxyl groups is 1. The Morgan fingerprint density at radius 1 is 1.19 bits per heavy atom. The minimum atomic E-state index is 0.0868. The largest absolute Gasteiger partial charge is 0.493 e. The molecule has 1 aromatic heterocycles. The van der Waals surface area contributed by atoms with Crippen LogP contribution in [0.15, 0.2) is 24.4 Å². The molecule has 5 heteroatoms. The van der Waals surface area contributed by atoms with Gasteiger partial charge in [0.15, 0.2) is 11.5 Å². The molecule has 0 unspecified atom stereocenters. The summed E-state index contributed by atoms with van der Waals surface area (Å²) in [7, 11) is 3.24. The molecule has 21 heavy (non-hydrogen) atoms. The van der Waals surface area contributed by atoms with Crippen LogP contribution < -0.4 is 14.4 Å². The van der Waals surface area contributed by atoms with Gasteiger partial charge in [-0.05, 0) is 37.4 Å². The summed E-state index contributed by atoms with van der Waals surface area (Å²) in [6.45, 7) is 4.79. The number of anilines is 1. The van der Waals surface area contributed by atoms with Crippen LogP contribution in [0, 0.1) is 0 Å². The van der Waals surface area contributed by atoms with Crippen LogP contribution in [0.3, 0.4) is 0 Å². The highest BCUT2D eigenvalue weighted by Gasteiger charge is 2.16. The lowest BCUT2D eigenvalue weighted by atomic mass is 10.1. The molecular weight excluding hydrogens is 268 g/mol. The number of methoxy groups -OCH3 is 2. The molecule has 114 valence electrons. The summed E-state index contributed by atoms with van der Waals surface area (Å²) in [5.74, 6) is 2.21. The average Bonchev–Trinajstić information content (AvgIpc) is 2.50. The minimum absolute atomic E-state index is 0.0868. The first-order valence-electron chi connectivity index (χ1n) is 7.00. The third kappa shape index (κ3) is 3.03. The Morgan fingerprint density at radius 2 is 1.86 bits per heavy atom. The van der Waals surface area contributed by atoms with Crippen molar-refractivity contribution in [3.63, 3.8) is 0 Å². The van der Waals surface area contributed by atoms with Crippen molar-refractivity contribution in [3.05, 3.63) is 24.4 Å². The molecule has 1 aromatic carbocycles. The summed E-state index contributed by atoms with van der Waals surface area (Å²) in [4.78, 5) is 6.57. The molecule has 0 aliphatic heterocycles. The highest BCUT2D eigenvalue weighted by atomic mass is 16.5. The lowest BCUT2D eigenvalue weighted by Gasteiger charge is -2.28. The lowest BCUT2D eigenvalue weighted by Crippen LogP contribution is -2.34. The van der Waals surface area contributed by atoms with E-state index in [0.717, 1.165) is 16.6 Å². The van der Waals surface area contributed by atoms with Gasteiger partial charge >= 0.3 is 0 Å². The van der Waals surface area contributed by atoms with E-state index < -0.39 is 0 Å². The van der Waals surface area contributed by atoms with Gasteiger partial charge in [-0.1, -0.05) is 0 Å². The van der Waals surface area contributed by atoms with Crippen LogP contribution in [-0.4, -0.2) is 43.5 Å². The Bertz CT molecular complexity index is 614. The molecule has 1 N–H and O–H groups in total. The van der Waals surface area contributed by atoms with Crippen molar-refractivity contribution < 1.29 is 14.6 Å². The molecule has 0 atom stereocenters. The summed E-state index contributed by atoms with van der Waals surface area (Å²) in [6, 6.07) is 6.06. The fraction of sp³-hybridized carbons (Fsp3) is 0.438. The molecule has 0 aliphatic rings. The first-order chi connectivity index (χ1) is 10.1. The third-order valence-corrected chi connectivity index (χ3v) is 3.48. The minimum Gasteiger partial charge on any atom is -0.493 e. The van der Waals surface area contributed by atoms with Crippen molar-refractivity contribution in [1.82, 2.24) is 4.98 Å². The van der Waals surface area contributed by atoms with E-state index in [9.17, 15) is 5.11 Å². The van der Waals surface area contributed by atoms with Gasteiger partial charge in [0.25, 0.3) is 0 Å². The van der Waals surface area contributed by atoms with E-state index in [2.05, 4.69) is 23.7 Å². The molecule has 0 radical (unpaired) electrons. The quantitative estimate of drug-likeness (QED) is 0.885. The maximum atomic E-state index is 9.29.